The number of benzene rings is 1. The van der Waals surface area contributed by atoms with Gasteiger partial charge in [-0.25, -0.2) is 0 Å². The molecule has 0 fully saturated rings. The van der Waals surface area contributed by atoms with Gasteiger partial charge in [-0.05, 0) is 5.52 Å². The Morgan fingerprint density at radius 1 is 1.40 bits per heavy atom. The van der Waals surface area contributed by atoms with Gasteiger partial charge < -0.3 is 4.42 Å². The Balaban J connectivity index is 0.00000112. The molecule has 2 aromatic rings. The number of fused-ring (bicyclic) bond motifs is 1. The molecule has 0 saturated heterocycles. The van der Waals surface area contributed by atoms with Gasteiger partial charge in [0.15, 0.2) is 5.89 Å². The van der Waals surface area contributed by atoms with Crippen LogP contribution in [-0.4, -0.2) is 4.98 Å². The van der Waals surface area contributed by atoms with Gasteiger partial charge in [-0.2, -0.15) is 17.7 Å². The maximum atomic E-state index is 5.83. The first-order valence-electron chi connectivity index (χ1n) is 4.45. The molecule has 0 aliphatic rings. The van der Waals surface area contributed by atoms with Crippen molar-refractivity contribution >= 4 is 22.7 Å². The van der Waals surface area contributed by atoms with Gasteiger partial charge in [-0.1, -0.05) is 25.8 Å². The number of aromatic nitrogens is 1. The molecular formula is C11H11ClLiNO. The summed E-state index contributed by atoms with van der Waals surface area (Å²) in [4.78, 5) is 4.36. The summed E-state index contributed by atoms with van der Waals surface area (Å²) in [5.74, 6) is 0.714. The quantitative estimate of drug-likeness (QED) is 0.475. The SMILES string of the molecule is CC(C)(C)c1nc2cc(Cl)c[c-]c2o1.[Li+]. The van der Waals surface area contributed by atoms with Crippen LogP contribution in [0.3, 0.4) is 0 Å². The second-order valence-electron chi connectivity index (χ2n) is 4.30. The fourth-order valence-electron chi connectivity index (χ4n) is 1.16. The van der Waals surface area contributed by atoms with E-state index < -0.39 is 0 Å². The van der Waals surface area contributed by atoms with Crippen LogP contribution in [0.2, 0.25) is 5.02 Å². The van der Waals surface area contributed by atoms with E-state index in [0.29, 0.717) is 16.5 Å². The maximum Gasteiger partial charge on any atom is 1.00 e. The Kier molecular flexibility index (Phi) is 3.55. The third kappa shape index (κ3) is 2.58. The first-order valence-corrected chi connectivity index (χ1v) is 4.83. The van der Waals surface area contributed by atoms with Crippen LogP contribution in [0.1, 0.15) is 26.7 Å². The van der Waals surface area contributed by atoms with E-state index in [4.69, 9.17) is 16.0 Å². The molecule has 0 amide bonds. The van der Waals surface area contributed by atoms with Crippen molar-refractivity contribution in [1.82, 2.24) is 4.98 Å². The van der Waals surface area contributed by atoms with E-state index in [2.05, 4.69) is 31.8 Å². The summed E-state index contributed by atoms with van der Waals surface area (Å²) in [5, 5.41) is 0.631. The summed E-state index contributed by atoms with van der Waals surface area (Å²) in [6.07, 6.45) is 0. The summed E-state index contributed by atoms with van der Waals surface area (Å²) >= 11 is 5.83. The largest absolute Gasteiger partial charge is 1.00 e. The van der Waals surface area contributed by atoms with Gasteiger partial charge >= 0.3 is 18.9 Å². The molecule has 0 radical (unpaired) electrons. The first kappa shape index (κ1) is 12.6. The maximum absolute atomic E-state index is 5.83. The second-order valence-corrected chi connectivity index (χ2v) is 4.74. The normalized spacial score (nSPS) is 11.5. The van der Waals surface area contributed by atoms with E-state index in [1.165, 1.54) is 0 Å². The van der Waals surface area contributed by atoms with E-state index in [9.17, 15) is 0 Å². The predicted molar refractivity (Wildman–Crippen MR) is 56.6 cm³/mol. The van der Waals surface area contributed by atoms with E-state index in [-0.39, 0.29) is 24.3 Å². The van der Waals surface area contributed by atoms with Gasteiger partial charge in [-0.15, -0.1) is 12.1 Å². The number of oxazole rings is 1. The molecule has 0 saturated carbocycles. The standard InChI is InChI=1S/C11H11ClNO.Li/c1-11(2,3)10-13-8-6-7(12)4-5-9(8)14-10;/h4,6H,1-3H3;/q-1;+1. The molecule has 4 heteroatoms. The van der Waals surface area contributed by atoms with Crippen molar-refractivity contribution in [1.29, 1.82) is 0 Å². The minimum absolute atomic E-state index is 0. The van der Waals surface area contributed by atoms with Crippen molar-refractivity contribution in [3.05, 3.63) is 29.1 Å². The van der Waals surface area contributed by atoms with E-state index in [1.807, 2.05) is 0 Å². The Morgan fingerprint density at radius 2 is 2.07 bits per heavy atom. The molecular weight excluding hydrogens is 205 g/mol. The average Bonchev–Trinajstić information content (AvgIpc) is 2.45. The van der Waals surface area contributed by atoms with Gasteiger partial charge in [0, 0.05) is 11.0 Å². The zero-order valence-corrected chi connectivity index (χ0v) is 10.1. The van der Waals surface area contributed by atoms with Crippen molar-refractivity contribution in [2.75, 3.05) is 0 Å². The molecule has 1 aromatic heterocycles. The van der Waals surface area contributed by atoms with Gasteiger partial charge in [0.05, 0.1) is 0 Å². The molecule has 0 atom stereocenters. The van der Waals surface area contributed by atoms with Crippen molar-refractivity contribution in [2.24, 2.45) is 0 Å². The van der Waals surface area contributed by atoms with Crippen LogP contribution in [0.5, 0.6) is 0 Å². The number of nitrogens with zero attached hydrogens (tertiary/aromatic N) is 1. The minimum atomic E-state index is -0.0840. The Labute approximate surface area is 106 Å². The van der Waals surface area contributed by atoms with Gasteiger partial charge in [-0.3, -0.25) is 4.98 Å². The Hall–Kier alpha value is -0.423. The Morgan fingerprint density at radius 3 is 2.67 bits per heavy atom. The Bertz CT molecular complexity index is 473. The molecule has 0 unspecified atom stereocenters. The van der Waals surface area contributed by atoms with E-state index in [0.717, 1.165) is 5.52 Å². The minimum Gasteiger partial charge on any atom is -0.467 e. The molecule has 74 valence electrons. The monoisotopic (exact) mass is 215 g/mol. The molecule has 0 bridgehead atoms. The van der Waals surface area contributed by atoms with E-state index in [1.54, 1.807) is 12.1 Å². The third-order valence-electron chi connectivity index (χ3n) is 1.91. The van der Waals surface area contributed by atoms with Crippen molar-refractivity contribution in [3.63, 3.8) is 0 Å². The fourth-order valence-corrected chi connectivity index (χ4v) is 1.32. The van der Waals surface area contributed by atoms with Crippen LogP contribution in [0, 0.1) is 6.07 Å². The zero-order valence-electron chi connectivity index (χ0n) is 9.39. The molecule has 1 heterocycles. The van der Waals surface area contributed by atoms with Gasteiger partial charge in [0.1, 0.15) is 0 Å². The van der Waals surface area contributed by atoms with Crippen molar-refractivity contribution in [2.45, 2.75) is 26.2 Å². The summed E-state index contributed by atoms with van der Waals surface area (Å²) in [7, 11) is 0. The summed E-state index contributed by atoms with van der Waals surface area (Å²) in [6, 6.07) is 6.42. The summed E-state index contributed by atoms with van der Waals surface area (Å²) in [5.41, 5.74) is 1.35. The second kappa shape index (κ2) is 4.21. The summed E-state index contributed by atoms with van der Waals surface area (Å²) in [6.45, 7) is 6.16. The molecule has 0 N–H and O–H groups in total. The van der Waals surface area contributed by atoms with E-state index >= 15 is 0 Å². The molecule has 0 aliphatic heterocycles. The number of rotatable bonds is 0. The van der Waals surface area contributed by atoms with Crippen LogP contribution >= 0.6 is 11.6 Å². The smallest absolute Gasteiger partial charge is 0.467 e. The van der Waals surface area contributed by atoms with Crippen LogP contribution in [-0.2, 0) is 5.41 Å². The average molecular weight is 216 g/mol. The third-order valence-corrected chi connectivity index (χ3v) is 2.13. The number of halogens is 1. The van der Waals surface area contributed by atoms with Crippen LogP contribution < -0.4 is 18.9 Å². The molecule has 0 spiro atoms. The number of hydrogen-bond acceptors (Lipinski definition) is 2. The van der Waals surface area contributed by atoms with Crippen molar-refractivity contribution in [3.8, 4) is 0 Å². The molecule has 0 aliphatic carbocycles. The van der Waals surface area contributed by atoms with Crippen LogP contribution in [0.15, 0.2) is 16.5 Å². The molecule has 15 heavy (non-hydrogen) atoms. The number of hydrogen-bond donors (Lipinski definition) is 0. The molecule has 1 aromatic carbocycles. The fraction of sp³-hybridized carbons (Fsp3) is 0.364. The topological polar surface area (TPSA) is 26.0 Å². The molecule has 2 rings (SSSR count). The first-order chi connectivity index (χ1) is 6.47. The van der Waals surface area contributed by atoms with Crippen molar-refractivity contribution < 1.29 is 23.3 Å². The van der Waals surface area contributed by atoms with Crippen LogP contribution in [0.4, 0.5) is 0 Å². The summed E-state index contributed by atoms with van der Waals surface area (Å²) < 4.78 is 5.56. The van der Waals surface area contributed by atoms with Gasteiger partial charge in [0.25, 0.3) is 0 Å². The molecule has 2 nitrogen and oxygen atoms in total. The zero-order chi connectivity index (χ0) is 10.3. The predicted octanol–water partition coefficient (Wildman–Crippen LogP) is 0.583. The van der Waals surface area contributed by atoms with Gasteiger partial charge in [0.2, 0.25) is 0 Å². The van der Waals surface area contributed by atoms with Crippen LogP contribution in [0.25, 0.3) is 11.1 Å².